The highest BCUT2D eigenvalue weighted by Gasteiger charge is 2.34. The minimum Gasteiger partial charge on any atom is -0.462 e. The van der Waals surface area contributed by atoms with Crippen LogP contribution in [-0.2, 0) is 9.53 Å². The lowest BCUT2D eigenvalue weighted by molar-refractivity contribution is -0.118. The van der Waals surface area contributed by atoms with Gasteiger partial charge in [0.05, 0.1) is 23.6 Å². The van der Waals surface area contributed by atoms with E-state index in [2.05, 4.69) is 18.2 Å². The quantitative estimate of drug-likeness (QED) is 0.784. The number of anilines is 1. The zero-order valence-corrected chi connectivity index (χ0v) is 13.0. The molecule has 0 aromatic heterocycles. The number of rotatable bonds is 2. The van der Waals surface area contributed by atoms with E-state index in [1.807, 2.05) is 6.07 Å². The number of nitrogens with zero attached hydrogens (tertiary/aromatic N) is 1. The van der Waals surface area contributed by atoms with E-state index in [4.69, 9.17) is 4.74 Å². The molecule has 23 heavy (non-hydrogen) atoms. The zero-order valence-electron chi connectivity index (χ0n) is 13.0. The van der Waals surface area contributed by atoms with E-state index < -0.39 is 0 Å². The van der Waals surface area contributed by atoms with Crippen LogP contribution in [0.1, 0.15) is 42.1 Å². The van der Waals surface area contributed by atoms with Crippen molar-refractivity contribution in [1.82, 2.24) is 0 Å². The van der Waals surface area contributed by atoms with E-state index in [1.165, 1.54) is 11.1 Å². The zero-order chi connectivity index (χ0) is 16.0. The number of hydrogen-bond donors (Lipinski definition) is 0. The molecule has 1 aromatic carbocycles. The first kappa shape index (κ1) is 14.0. The summed E-state index contributed by atoms with van der Waals surface area (Å²) in [4.78, 5) is 26.3. The van der Waals surface area contributed by atoms with Crippen LogP contribution in [0.4, 0.5) is 5.69 Å². The maximum absolute atomic E-state index is 12.6. The highest BCUT2D eigenvalue weighted by atomic mass is 16.5. The van der Waals surface area contributed by atoms with Gasteiger partial charge >= 0.3 is 5.97 Å². The molecular weight excluding hydrogens is 290 g/mol. The standard InChI is InChI=1S/C19H17NO3/c1-2-23-19(22)15-7-6-13-10-14-5-3-4-12-8-9-17(21)20(18(12)14)16(13)11-15/h3-4,6-7,10-11H,2,5,8-9H2,1H3. The molecule has 1 aliphatic carbocycles. The maximum atomic E-state index is 12.6. The molecule has 0 spiro atoms. The van der Waals surface area contributed by atoms with E-state index in [-0.39, 0.29) is 11.9 Å². The van der Waals surface area contributed by atoms with Crippen molar-refractivity contribution in [2.75, 3.05) is 11.5 Å². The Morgan fingerprint density at radius 3 is 3.00 bits per heavy atom. The van der Waals surface area contributed by atoms with Crippen molar-refractivity contribution in [3.8, 4) is 0 Å². The monoisotopic (exact) mass is 307 g/mol. The Morgan fingerprint density at radius 1 is 1.30 bits per heavy atom. The largest absolute Gasteiger partial charge is 0.462 e. The lowest BCUT2D eigenvalue weighted by Gasteiger charge is -2.38. The third-order valence-electron chi connectivity index (χ3n) is 4.46. The normalized spacial score (nSPS) is 18.4. The van der Waals surface area contributed by atoms with Crippen LogP contribution in [0.5, 0.6) is 0 Å². The number of esters is 1. The molecule has 0 saturated carbocycles. The van der Waals surface area contributed by atoms with Crippen molar-refractivity contribution in [2.24, 2.45) is 0 Å². The number of allylic oxidation sites excluding steroid dienone is 4. The van der Waals surface area contributed by atoms with Gasteiger partial charge in [0.15, 0.2) is 0 Å². The van der Waals surface area contributed by atoms with Gasteiger partial charge in [-0.15, -0.1) is 0 Å². The van der Waals surface area contributed by atoms with Crippen molar-refractivity contribution < 1.29 is 14.3 Å². The van der Waals surface area contributed by atoms with Gasteiger partial charge in [-0.1, -0.05) is 18.2 Å². The summed E-state index contributed by atoms with van der Waals surface area (Å²) in [6.07, 6.45) is 8.51. The van der Waals surface area contributed by atoms with Crippen LogP contribution >= 0.6 is 0 Å². The third kappa shape index (κ3) is 2.13. The van der Waals surface area contributed by atoms with Crippen LogP contribution in [0.2, 0.25) is 0 Å². The summed E-state index contributed by atoms with van der Waals surface area (Å²) >= 11 is 0. The molecule has 0 saturated heterocycles. The van der Waals surface area contributed by atoms with Gasteiger partial charge in [0.1, 0.15) is 0 Å². The first-order valence-electron chi connectivity index (χ1n) is 7.94. The molecule has 1 amide bonds. The molecule has 0 atom stereocenters. The fourth-order valence-electron chi connectivity index (χ4n) is 3.45. The summed E-state index contributed by atoms with van der Waals surface area (Å²) < 4.78 is 5.08. The fourth-order valence-corrected chi connectivity index (χ4v) is 3.45. The molecule has 4 heteroatoms. The van der Waals surface area contributed by atoms with Gasteiger partial charge in [0.2, 0.25) is 5.91 Å². The number of amides is 1. The molecule has 3 aliphatic rings. The third-order valence-corrected chi connectivity index (χ3v) is 4.46. The summed E-state index contributed by atoms with van der Waals surface area (Å²) in [6, 6.07) is 5.43. The Bertz CT molecular complexity index is 814. The highest BCUT2D eigenvalue weighted by molar-refractivity contribution is 6.05. The van der Waals surface area contributed by atoms with Crippen molar-refractivity contribution in [3.63, 3.8) is 0 Å². The van der Waals surface area contributed by atoms with Crippen LogP contribution in [0.15, 0.2) is 47.2 Å². The topological polar surface area (TPSA) is 46.6 Å². The van der Waals surface area contributed by atoms with Gasteiger partial charge < -0.3 is 4.74 Å². The lowest BCUT2D eigenvalue weighted by Crippen LogP contribution is -2.37. The van der Waals surface area contributed by atoms with Crippen molar-refractivity contribution in [3.05, 3.63) is 58.3 Å². The molecule has 4 nitrogen and oxygen atoms in total. The van der Waals surface area contributed by atoms with E-state index in [1.54, 1.807) is 24.0 Å². The summed E-state index contributed by atoms with van der Waals surface area (Å²) in [6.45, 7) is 2.12. The minimum atomic E-state index is -0.354. The molecule has 0 unspecified atom stereocenters. The SMILES string of the molecule is CCOC(=O)c1ccc2c(c1)N1C(=O)CCC3=C1C(=C2)CC=C3. The van der Waals surface area contributed by atoms with Crippen LogP contribution in [0.3, 0.4) is 0 Å². The number of ether oxygens (including phenoxy) is 1. The molecule has 2 aliphatic heterocycles. The molecule has 0 radical (unpaired) electrons. The van der Waals surface area contributed by atoms with E-state index in [0.717, 1.165) is 29.8 Å². The Morgan fingerprint density at radius 2 is 2.17 bits per heavy atom. The maximum Gasteiger partial charge on any atom is 0.338 e. The average Bonchev–Trinajstić information content (AvgIpc) is 2.57. The smallest absolute Gasteiger partial charge is 0.338 e. The number of benzene rings is 1. The summed E-state index contributed by atoms with van der Waals surface area (Å²) in [7, 11) is 0. The van der Waals surface area contributed by atoms with Crippen LogP contribution in [0.25, 0.3) is 6.08 Å². The molecule has 0 fully saturated rings. The minimum absolute atomic E-state index is 0.0897. The molecule has 0 bridgehead atoms. The molecule has 4 rings (SSSR count). The van der Waals surface area contributed by atoms with Crippen molar-refractivity contribution >= 4 is 23.6 Å². The second kappa shape index (κ2) is 5.23. The van der Waals surface area contributed by atoms with Gasteiger partial charge in [0.25, 0.3) is 0 Å². The average molecular weight is 307 g/mol. The number of fused-ring (bicyclic) bond motifs is 2. The molecule has 0 N–H and O–H groups in total. The van der Waals surface area contributed by atoms with E-state index in [9.17, 15) is 9.59 Å². The predicted octanol–water partition coefficient (Wildman–Crippen LogP) is 3.60. The van der Waals surface area contributed by atoms with Crippen molar-refractivity contribution in [1.29, 1.82) is 0 Å². The fraction of sp³-hybridized carbons (Fsp3) is 0.263. The lowest BCUT2D eigenvalue weighted by atomic mass is 9.85. The molecular formula is C19H17NO3. The van der Waals surface area contributed by atoms with Gasteiger partial charge in [-0.25, -0.2) is 4.79 Å². The Hall–Kier alpha value is -2.62. The predicted molar refractivity (Wildman–Crippen MR) is 87.9 cm³/mol. The second-order valence-electron chi connectivity index (χ2n) is 5.87. The van der Waals surface area contributed by atoms with Gasteiger partial charge in [-0.05, 0) is 54.7 Å². The Kier molecular flexibility index (Phi) is 3.18. The van der Waals surface area contributed by atoms with E-state index >= 15 is 0 Å². The first-order valence-corrected chi connectivity index (χ1v) is 7.94. The second-order valence-corrected chi connectivity index (χ2v) is 5.87. The number of hydrogen-bond acceptors (Lipinski definition) is 3. The summed E-state index contributed by atoms with van der Waals surface area (Å²) in [5.41, 5.74) is 5.63. The van der Waals surface area contributed by atoms with Gasteiger partial charge in [-0.2, -0.15) is 0 Å². The summed E-state index contributed by atoms with van der Waals surface area (Å²) in [5.74, 6) is -0.265. The van der Waals surface area contributed by atoms with Crippen molar-refractivity contribution in [2.45, 2.75) is 26.2 Å². The van der Waals surface area contributed by atoms with Gasteiger partial charge in [-0.3, -0.25) is 9.69 Å². The van der Waals surface area contributed by atoms with Crippen LogP contribution < -0.4 is 4.90 Å². The highest BCUT2D eigenvalue weighted by Crippen LogP contribution is 2.43. The Balaban J connectivity index is 1.88. The van der Waals surface area contributed by atoms with Crippen LogP contribution in [0, 0.1) is 0 Å². The number of carbonyl (C=O) groups is 2. The molecule has 1 aromatic rings. The van der Waals surface area contributed by atoms with Gasteiger partial charge in [0, 0.05) is 6.42 Å². The summed E-state index contributed by atoms with van der Waals surface area (Å²) in [5, 5.41) is 0. The Labute approximate surface area is 134 Å². The molecule has 2 heterocycles. The molecule has 116 valence electrons. The number of carbonyl (C=O) groups excluding carboxylic acids is 2. The van der Waals surface area contributed by atoms with E-state index in [0.29, 0.717) is 18.6 Å². The first-order chi connectivity index (χ1) is 11.2. The van der Waals surface area contributed by atoms with Crippen LogP contribution in [-0.4, -0.2) is 18.5 Å².